The standard InChI is InChI=1S/C12H20O4/c13-3-5-15-12(16-6-4-14)11-8-9-1-2-10(11)7-9/h1-2,9-14H,3-8H2. The van der Waals surface area contributed by atoms with Gasteiger partial charge in [0.2, 0.25) is 0 Å². The Balaban J connectivity index is 1.87. The monoisotopic (exact) mass is 228 g/mol. The van der Waals surface area contributed by atoms with E-state index in [9.17, 15) is 0 Å². The highest BCUT2D eigenvalue weighted by molar-refractivity contribution is 5.10. The summed E-state index contributed by atoms with van der Waals surface area (Å²) in [5.74, 6) is 1.61. The topological polar surface area (TPSA) is 58.9 Å². The largest absolute Gasteiger partial charge is 0.394 e. The predicted molar refractivity (Wildman–Crippen MR) is 58.7 cm³/mol. The fourth-order valence-corrected chi connectivity index (χ4v) is 2.77. The van der Waals surface area contributed by atoms with E-state index in [4.69, 9.17) is 19.7 Å². The van der Waals surface area contributed by atoms with Crippen molar-refractivity contribution in [2.24, 2.45) is 17.8 Å². The Hall–Kier alpha value is -0.420. The average molecular weight is 228 g/mol. The molecule has 1 fully saturated rings. The average Bonchev–Trinajstić information content (AvgIpc) is 2.91. The van der Waals surface area contributed by atoms with Gasteiger partial charge in [-0.15, -0.1) is 0 Å². The molecular weight excluding hydrogens is 208 g/mol. The highest BCUT2D eigenvalue weighted by Gasteiger charge is 2.41. The van der Waals surface area contributed by atoms with Crippen molar-refractivity contribution < 1.29 is 19.7 Å². The van der Waals surface area contributed by atoms with Gasteiger partial charge in [-0.3, -0.25) is 0 Å². The zero-order chi connectivity index (χ0) is 11.4. The van der Waals surface area contributed by atoms with Crippen molar-refractivity contribution in [2.45, 2.75) is 19.1 Å². The van der Waals surface area contributed by atoms with Gasteiger partial charge in [0.25, 0.3) is 0 Å². The second-order valence-electron chi connectivity index (χ2n) is 4.50. The zero-order valence-corrected chi connectivity index (χ0v) is 9.42. The molecule has 2 bridgehead atoms. The van der Waals surface area contributed by atoms with Crippen molar-refractivity contribution in [2.75, 3.05) is 26.4 Å². The summed E-state index contributed by atoms with van der Waals surface area (Å²) >= 11 is 0. The highest BCUT2D eigenvalue weighted by atomic mass is 16.7. The van der Waals surface area contributed by atoms with E-state index in [0.717, 1.165) is 6.42 Å². The van der Waals surface area contributed by atoms with Crippen LogP contribution < -0.4 is 0 Å². The van der Waals surface area contributed by atoms with Crippen molar-refractivity contribution in [1.29, 1.82) is 0 Å². The lowest BCUT2D eigenvalue weighted by Gasteiger charge is -2.28. The van der Waals surface area contributed by atoms with E-state index in [-0.39, 0.29) is 19.5 Å². The van der Waals surface area contributed by atoms with E-state index in [1.807, 2.05) is 0 Å². The van der Waals surface area contributed by atoms with Crippen LogP contribution in [0.4, 0.5) is 0 Å². The summed E-state index contributed by atoms with van der Waals surface area (Å²) in [5, 5.41) is 17.5. The van der Waals surface area contributed by atoms with Crippen molar-refractivity contribution in [1.82, 2.24) is 0 Å². The minimum atomic E-state index is -0.278. The Morgan fingerprint density at radius 1 is 1.06 bits per heavy atom. The van der Waals surface area contributed by atoms with E-state index in [2.05, 4.69) is 12.2 Å². The predicted octanol–water partition coefficient (Wildman–Crippen LogP) is 0.542. The van der Waals surface area contributed by atoms with E-state index < -0.39 is 0 Å². The number of rotatable bonds is 7. The number of allylic oxidation sites excluding steroid dienone is 2. The van der Waals surface area contributed by atoms with Crippen LogP contribution in [0.25, 0.3) is 0 Å². The van der Waals surface area contributed by atoms with Crippen LogP contribution in [0.15, 0.2) is 12.2 Å². The fraction of sp³-hybridized carbons (Fsp3) is 0.833. The molecule has 0 saturated heterocycles. The first-order valence-electron chi connectivity index (χ1n) is 5.98. The molecule has 4 nitrogen and oxygen atoms in total. The quantitative estimate of drug-likeness (QED) is 0.493. The Morgan fingerprint density at radius 2 is 1.75 bits per heavy atom. The molecule has 0 radical (unpaired) electrons. The molecule has 0 aromatic rings. The summed E-state index contributed by atoms with van der Waals surface area (Å²) in [6, 6.07) is 0. The molecule has 2 aliphatic carbocycles. The molecule has 0 heterocycles. The molecule has 0 amide bonds. The molecule has 2 N–H and O–H groups in total. The number of hydrogen-bond acceptors (Lipinski definition) is 4. The number of hydrogen-bond donors (Lipinski definition) is 2. The molecule has 0 aliphatic heterocycles. The number of aliphatic hydroxyl groups is 2. The van der Waals surface area contributed by atoms with Gasteiger partial charge in [0.1, 0.15) is 0 Å². The summed E-state index contributed by atoms with van der Waals surface area (Å²) in [4.78, 5) is 0. The molecule has 0 spiro atoms. The molecule has 0 aromatic heterocycles. The summed E-state index contributed by atoms with van der Waals surface area (Å²) in [5.41, 5.74) is 0. The summed E-state index contributed by atoms with van der Waals surface area (Å²) < 4.78 is 11.0. The van der Waals surface area contributed by atoms with Gasteiger partial charge in [-0.1, -0.05) is 12.2 Å². The van der Waals surface area contributed by atoms with E-state index in [1.54, 1.807) is 0 Å². The summed E-state index contributed by atoms with van der Waals surface area (Å²) in [6.07, 6.45) is 6.54. The number of fused-ring (bicyclic) bond motifs is 2. The second kappa shape index (κ2) is 5.77. The number of aliphatic hydroxyl groups excluding tert-OH is 2. The third kappa shape index (κ3) is 2.63. The van der Waals surface area contributed by atoms with Gasteiger partial charge < -0.3 is 19.7 Å². The molecule has 16 heavy (non-hydrogen) atoms. The van der Waals surface area contributed by atoms with Gasteiger partial charge in [0.15, 0.2) is 6.29 Å². The Labute approximate surface area is 95.9 Å². The highest BCUT2D eigenvalue weighted by Crippen LogP contribution is 2.45. The SMILES string of the molecule is OCCOC(OCCO)C1CC2C=CC1C2. The molecule has 2 rings (SSSR count). The van der Waals surface area contributed by atoms with Gasteiger partial charge >= 0.3 is 0 Å². The molecular formula is C12H20O4. The molecule has 3 atom stereocenters. The third-order valence-corrected chi connectivity index (χ3v) is 3.43. The summed E-state index contributed by atoms with van der Waals surface area (Å²) in [7, 11) is 0. The molecule has 2 aliphatic rings. The second-order valence-corrected chi connectivity index (χ2v) is 4.50. The minimum absolute atomic E-state index is 0.00956. The smallest absolute Gasteiger partial charge is 0.161 e. The fourth-order valence-electron chi connectivity index (χ4n) is 2.77. The first-order valence-corrected chi connectivity index (χ1v) is 5.98. The van der Waals surface area contributed by atoms with Gasteiger partial charge in [-0.2, -0.15) is 0 Å². The van der Waals surface area contributed by atoms with Crippen molar-refractivity contribution in [3.05, 3.63) is 12.2 Å². The summed E-state index contributed by atoms with van der Waals surface area (Å²) in [6.45, 7) is 0.618. The normalized spacial score (nSPS) is 31.8. The maximum absolute atomic E-state index is 8.77. The molecule has 0 aromatic carbocycles. The molecule has 92 valence electrons. The number of ether oxygens (including phenoxy) is 2. The van der Waals surface area contributed by atoms with Crippen LogP contribution in [-0.4, -0.2) is 42.9 Å². The lowest BCUT2D eigenvalue weighted by Crippen LogP contribution is -2.32. The minimum Gasteiger partial charge on any atom is -0.394 e. The maximum Gasteiger partial charge on any atom is 0.161 e. The Bertz CT molecular complexity index is 233. The lowest BCUT2D eigenvalue weighted by molar-refractivity contribution is -0.184. The Morgan fingerprint density at radius 3 is 2.19 bits per heavy atom. The maximum atomic E-state index is 8.77. The van der Waals surface area contributed by atoms with E-state index in [1.165, 1.54) is 6.42 Å². The van der Waals surface area contributed by atoms with Crippen molar-refractivity contribution in [3.8, 4) is 0 Å². The van der Waals surface area contributed by atoms with Crippen LogP contribution in [-0.2, 0) is 9.47 Å². The first kappa shape index (κ1) is 12.0. The molecule has 4 heteroatoms. The van der Waals surface area contributed by atoms with Crippen molar-refractivity contribution >= 4 is 0 Å². The van der Waals surface area contributed by atoms with Crippen LogP contribution >= 0.6 is 0 Å². The first-order chi connectivity index (χ1) is 7.85. The Kier molecular flexibility index (Phi) is 4.35. The van der Waals surface area contributed by atoms with Gasteiger partial charge in [0, 0.05) is 5.92 Å². The lowest BCUT2D eigenvalue weighted by atomic mass is 9.93. The molecule has 3 unspecified atom stereocenters. The van der Waals surface area contributed by atoms with Crippen LogP contribution in [0.2, 0.25) is 0 Å². The van der Waals surface area contributed by atoms with Crippen molar-refractivity contribution in [3.63, 3.8) is 0 Å². The van der Waals surface area contributed by atoms with Crippen LogP contribution in [0, 0.1) is 17.8 Å². The third-order valence-electron chi connectivity index (χ3n) is 3.43. The van der Waals surface area contributed by atoms with Crippen LogP contribution in [0.5, 0.6) is 0 Å². The molecule has 1 saturated carbocycles. The van der Waals surface area contributed by atoms with Crippen LogP contribution in [0.1, 0.15) is 12.8 Å². The van der Waals surface area contributed by atoms with Gasteiger partial charge in [-0.05, 0) is 24.7 Å². The van der Waals surface area contributed by atoms with E-state index in [0.29, 0.717) is 31.0 Å². The van der Waals surface area contributed by atoms with Gasteiger partial charge in [0.05, 0.1) is 26.4 Å². The van der Waals surface area contributed by atoms with E-state index >= 15 is 0 Å². The zero-order valence-electron chi connectivity index (χ0n) is 9.42. The van der Waals surface area contributed by atoms with Crippen LogP contribution in [0.3, 0.4) is 0 Å². The van der Waals surface area contributed by atoms with Gasteiger partial charge in [-0.25, -0.2) is 0 Å².